The first-order chi connectivity index (χ1) is 8.37. The van der Waals surface area contributed by atoms with Crippen LogP contribution in [0.5, 0.6) is 0 Å². The first kappa shape index (κ1) is 14.2. The van der Waals surface area contributed by atoms with Crippen LogP contribution in [0.1, 0.15) is 26.2 Å². The summed E-state index contributed by atoms with van der Waals surface area (Å²) in [5.74, 6) is 0.737. The van der Waals surface area contributed by atoms with Gasteiger partial charge in [0.05, 0.1) is 6.26 Å². The molecule has 0 aromatic carbocycles. The second kappa shape index (κ2) is 5.07. The van der Waals surface area contributed by atoms with Gasteiger partial charge in [0.2, 0.25) is 10.0 Å². The topological polar surface area (TPSA) is 66.6 Å². The minimum absolute atomic E-state index is 0.128. The molecule has 0 aromatic heterocycles. The van der Waals surface area contributed by atoms with Crippen molar-refractivity contribution in [1.82, 2.24) is 9.21 Å². The third kappa shape index (κ3) is 2.71. The molecule has 0 bridgehead atoms. The number of rotatable bonds is 3. The zero-order valence-corrected chi connectivity index (χ0v) is 12.2. The van der Waals surface area contributed by atoms with Crippen molar-refractivity contribution in [3.63, 3.8) is 0 Å². The van der Waals surface area contributed by atoms with Gasteiger partial charge >= 0.3 is 0 Å². The summed E-state index contributed by atoms with van der Waals surface area (Å²) in [5.41, 5.74) is 6.14. The van der Waals surface area contributed by atoms with E-state index in [1.807, 2.05) is 0 Å². The van der Waals surface area contributed by atoms with Crippen molar-refractivity contribution in [2.75, 3.05) is 39.0 Å². The standard InChI is InChI=1S/C12H25N3O2S/c1-11-3-4-12(9-11,10-13)14-5-7-15(8-6-14)18(2,16)17/h11H,3-10,13H2,1-2H3. The zero-order valence-electron chi connectivity index (χ0n) is 11.4. The van der Waals surface area contributed by atoms with Gasteiger partial charge in [-0.25, -0.2) is 8.42 Å². The van der Waals surface area contributed by atoms with E-state index in [1.165, 1.54) is 12.7 Å². The Balaban J connectivity index is 2.01. The fourth-order valence-corrected chi connectivity index (χ4v) is 4.29. The van der Waals surface area contributed by atoms with Crippen LogP contribution >= 0.6 is 0 Å². The third-order valence-corrected chi connectivity index (χ3v) is 5.89. The Morgan fingerprint density at radius 2 is 1.89 bits per heavy atom. The van der Waals surface area contributed by atoms with Gasteiger partial charge < -0.3 is 5.73 Å². The Morgan fingerprint density at radius 1 is 1.28 bits per heavy atom. The van der Waals surface area contributed by atoms with Gasteiger partial charge in [0, 0.05) is 38.3 Å². The number of hydrogen-bond acceptors (Lipinski definition) is 4. The summed E-state index contributed by atoms with van der Waals surface area (Å²) in [6, 6.07) is 0. The quantitative estimate of drug-likeness (QED) is 0.792. The van der Waals surface area contributed by atoms with Crippen LogP contribution in [0.4, 0.5) is 0 Å². The largest absolute Gasteiger partial charge is 0.329 e. The molecule has 1 saturated heterocycles. The van der Waals surface area contributed by atoms with E-state index in [0.717, 1.165) is 31.8 Å². The average Bonchev–Trinajstić information content (AvgIpc) is 2.71. The Hall–Kier alpha value is -0.170. The lowest BCUT2D eigenvalue weighted by molar-refractivity contribution is 0.0610. The summed E-state index contributed by atoms with van der Waals surface area (Å²) in [7, 11) is -3.03. The van der Waals surface area contributed by atoms with Gasteiger partial charge in [-0.1, -0.05) is 6.92 Å². The van der Waals surface area contributed by atoms with Crippen molar-refractivity contribution >= 4 is 10.0 Å². The summed E-state index contributed by atoms with van der Waals surface area (Å²) < 4.78 is 24.6. The van der Waals surface area contributed by atoms with Crippen LogP contribution in [-0.2, 0) is 10.0 Å². The Labute approximate surface area is 110 Å². The van der Waals surface area contributed by atoms with E-state index in [-0.39, 0.29) is 5.54 Å². The molecule has 18 heavy (non-hydrogen) atoms. The lowest BCUT2D eigenvalue weighted by Gasteiger charge is -2.45. The molecule has 5 nitrogen and oxygen atoms in total. The molecule has 1 saturated carbocycles. The van der Waals surface area contributed by atoms with Crippen molar-refractivity contribution in [3.05, 3.63) is 0 Å². The van der Waals surface area contributed by atoms with Crippen LogP contribution in [0, 0.1) is 5.92 Å². The maximum atomic E-state index is 11.5. The van der Waals surface area contributed by atoms with Crippen LogP contribution in [0.2, 0.25) is 0 Å². The minimum atomic E-state index is -3.03. The van der Waals surface area contributed by atoms with E-state index in [4.69, 9.17) is 5.73 Å². The smallest absolute Gasteiger partial charge is 0.211 e. The van der Waals surface area contributed by atoms with Crippen molar-refractivity contribution in [2.45, 2.75) is 31.7 Å². The van der Waals surface area contributed by atoms with Crippen molar-refractivity contribution in [3.8, 4) is 0 Å². The number of nitrogens with zero attached hydrogens (tertiary/aromatic N) is 2. The van der Waals surface area contributed by atoms with E-state index >= 15 is 0 Å². The normalized spacial score (nSPS) is 36.1. The summed E-state index contributed by atoms with van der Waals surface area (Å²) in [5, 5.41) is 0. The third-order valence-electron chi connectivity index (χ3n) is 4.59. The highest BCUT2D eigenvalue weighted by molar-refractivity contribution is 7.88. The second-order valence-electron chi connectivity index (χ2n) is 5.93. The van der Waals surface area contributed by atoms with E-state index in [2.05, 4.69) is 11.8 Å². The predicted molar refractivity (Wildman–Crippen MR) is 72.8 cm³/mol. The molecular weight excluding hydrogens is 250 g/mol. The highest BCUT2D eigenvalue weighted by Gasteiger charge is 2.42. The molecule has 0 aromatic rings. The van der Waals surface area contributed by atoms with Crippen LogP contribution in [0.25, 0.3) is 0 Å². The summed E-state index contributed by atoms with van der Waals surface area (Å²) in [6.45, 7) is 5.82. The first-order valence-corrected chi connectivity index (χ1v) is 8.62. The van der Waals surface area contributed by atoms with Gasteiger partial charge in [-0.3, -0.25) is 4.90 Å². The summed E-state index contributed by atoms with van der Waals surface area (Å²) in [4.78, 5) is 2.43. The Kier molecular flexibility index (Phi) is 4.02. The molecule has 2 unspecified atom stereocenters. The first-order valence-electron chi connectivity index (χ1n) is 6.78. The molecule has 1 aliphatic heterocycles. The maximum Gasteiger partial charge on any atom is 0.211 e. The summed E-state index contributed by atoms with van der Waals surface area (Å²) in [6.07, 6.45) is 4.84. The Morgan fingerprint density at radius 3 is 2.28 bits per heavy atom. The SMILES string of the molecule is CC1CCC(CN)(N2CCN(S(C)(=O)=O)CC2)C1. The zero-order chi connectivity index (χ0) is 13.4. The molecule has 0 radical (unpaired) electrons. The number of nitrogens with two attached hydrogens (primary N) is 1. The Bertz CT molecular complexity index is 390. The molecule has 1 aliphatic carbocycles. The van der Waals surface area contributed by atoms with E-state index in [9.17, 15) is 8.42 Å². The van der Waals surface area contributed by atoms with Gasteiger partial charge in [0.15, 0.2) is 0 Å². The van der Waals surface area contributed by atoms with Gasteiger partial charge in [-0.15, -0.1) is 0 Å². The molecule has 6 heteroatoms. The molecule has 2 atom stereocenters. The molecule has 0 spiro atoms. The highest BCUT2D eigenvalue weighted by atomic mass is 32.2. The molecule has 2 N–H and O–H groups in total. The fourth-order valence-electron chi connectivity index (χ4n) is 3.46. The van der Waals surface area contributed by atoms with Crippen LogP contribution in [-0.4, -0.2) is 62.1 Å². The van der Waals surface area contributed by atoms with Gasteiger partial charge in [-0.05, 0) is 25.2 Å². The number of hydrogen-bond donors (Lipinski definition) is 1. The van der Waals surface area contributed by atoms with Gasteiger partial charge in [-0.2, -0.15) is 4.31 Å². The number of piperazine rings is 1. The molecule has 2 rings (SSSR count). The number of sulfonamides is 1. The second-order valence-corrected chi connectivity index (χ2v) is 7.91. The van der Waals surface area contributed by atoms with Crippen molar-refractivity contribution in [1.29, 1.82) is 0 Å². The molecule has 106 valence electrons. The van der Waals surface area contributed by atoms with Crippen molar-refractivity contribution in [2.24, 2.45) is 11.7 Å². The van der Waals surface area contributed by atoms with Crippen molar-refractivity contribution < 1.29 is 8.42 Å². The van der Waals surface area contributed by atoms with Gasteiger partial charge in [0.1, 0.15) is 0 Å². The molecule has 1 heterocycles. The fraction of sp³-hybridized carbons (Fsp3) is 1.00. The average molecular weight is 275 g/mol. The molecular formula is C12H25N3O2S. The highest BCUT2D eigenvalue weighted by Crippen LogP contribution is 2.38. The van der Waals surface area contributed by atoms with Crippen LogP contribution in [0.3, 0.4) is 0 Å². The lowest BCUT2D eigenvalue weighted by Crippen LogP contribution is -2.59. The van der Waals surface area contributed by atoms with E-state index in [1.54, 1.807) is 4.31 Å². The van der Waals surface area contributed by atoms with Crippen LogP contribution < -0.4 is 5.73 Å². The maximum absolute atomic E-state index is 11.5. The molecule has 2 aliphatic rings. The van der Waals surface area contributed by atoms with E-state index < -0.39 is 10.0 Å². The summed E-state index contributed by atoms with van der Waals surface area (Å²) >= 11 is 0. The van der Waals surface area contributed by atoms with Crippen LogP contribution in [0.15, 0.2) is 0 Å². The minimum Gasteiger partial charge on any atom is -0.329 e. The van der Waals surface area contributed by atoms with Gasteiger partial charge in [0.25, 0.3) is 0 Å². The molecule has 2 fully saturated rings. The molecule has 0 amide bonds. The van der Waals surface area contributed by atoms with E-state index in [0.29, 0.717) is 19.6 Å². The lowest BCUT2D eigenvalue weighted by atomic mass is 9.93. The monoisotopic (exact) mass is 275 g/mol. The predicted octanol–water partition coefficient (Wildman–Crippen LogP) is 0.0811.